The Morgan fingerprint density at radius 1 is 1.39 bits per heavy atom. The lowest BCUT2D eigenvalue weighted by Crippen LogP contribution is -2.48. The van der Waals surface area contributed by atoms with Crippen LogP contribution in [-0.4, -0.2) is 17.1 Å². The van der Waals surface area contributed by atoms with E-state index in [1.807, 2.05) is 19.9 Å². The molecule has 0 aliphatic rings. The van der Waals surface area contributed by atoms with Crippen LogP contribution >= 0.6 is 12.2 Å². The zero-order valence-electron chi connectivity index (χ0n) is 10.2. The Labute approximate surface area is 111 Å². The number of amides is 1. The largest absolute Gasteiger partial charge is 0.359 e. The fourth-order valence-corrected chi connectivity index (χ4v) is 1.50. The molecule has 94 valence electrons. The van der Waals surface area contributed by atoms with E-state index in [-0.39, 0.29) is 11.9 Å². The Morgan fingerprint density at radius 2 is 2.11 bits per heavy atom. The Bertz CT molecular complexity index is 493. The highest BCUT2D eigenvalue weighted by atomic mass is 32.1. The van der Waals surface area contributed by atoms with Crippen molar-refractivity contribution < 1.29 is 4.79 Å². The molecule has 1 amide bonds. The van der Waals surface area contributed by atoms with Crippen LogP contribution in [0.1, 0.15) is 29.8 Å². The second-order valence-electron chi connectivity index (χ2n) is 3.90. The molecule has 0 unspecified atom stereocenters. The van der Waals surface area contributed by atoms with Crippen molar-refractivity contribution in [1.82, 2.24) is 16.2 Å². The lowest BCUT2D eigenvalue weighted by Gasteiger charge is -2.13. The molecule has 1 aromatic carbocycles. The molecule has 0 aliphatic heterocycles. The summed E-state index contributed by atoms with van der Waals surface area (Å²) >= 11 is 4.96. The summed E-state index contributed by atoms with van der Waals surface area (Å²) in [6.07, 6.45) is 0. The van der Waals surface area contributed by atoms with Crippen LogP contribution in [0, 0.1) is 11.3 Å². The van der Waals surface area contributed by atoms with E-state index in [0.717, 1.165) is 0 Å². The van der Waals surface area contributed by atoms with Crippen LogP contribution in [0.15, 0.2) is 24.3 Å². The van der Waals surface area contributed by atoms with Crippen molar-refractivity contribution in [2.75, 3.05) is 0 Å². The Morgan fingerprint density at radius 3 is 2.72 bits per heavy atom. The number of nitrogens with zero attached hydrogens (tertiary/aromatic N) is 1. The molecule has 0 heterocycles. The minimum atomic E-state index is -0.347. The van der Waals surface area contributed by atoms with Gasteiger partial charge in [-0.3, -0.25) is 15.6 Å². The number of benzene rings is 1. The van der Waals surface area contributed by atoms with Crippen LogP contribution in [0.3, 0.4) is 0 Å². The minimum Gasteiger partial charge on any atom is -0.359 e. The number of nitriles is 1. The average molecular weight is 262 g/mol. The van der Waals surface area contributed by atoms with Crippen LogP contribution in [0.25, 0.3) is 0 Å². The maximum atomic E-state index is 11.7. The second kappa shape index (κ2) is 6.57. The second-order valence-corrected chi connectivity index (χ2v) is 4.31. The van der Waals surface area contributed by atoms with E-state index >= 15 is 0 Å². The highest BCUT2D eigenvalue weighted by molar-refractivity contribution is 7.80. The predicted octanol–water partition coefficient (Wildman–Crippen LogP) is 1.08. The van der Waals surface area contributed by atoms with Crippen LogP contribution in [0.4, 0.5) is 0 Å². The van der Waals surface area contributed by atoms with Crippen molar-refractivity contribution in [3.05, 3.63) is 35.4 Å². The van der Waals surface area contributed by atoms with Gasteiger partial charge >= 0.3 is 0 Å². The topological polar surface area (TPSA) is 76.9 Å². The lowest BCUT2D eigenvalue weighted by molar-refractivity contribution is 0.0943. The van der Waals surface area contributed by atoms with Gasteiger partial charge in [-0.2, -0.15) is 5.26 Å². The molecule has 0 aliphatic carbocycles. The molecule has 0 radical (unpaired) electrons. The van der Waals surface area contributed by atoms with Gasteiger partial charge in [-0.05, 0) is 44.3 Å². The first-order valence-corrected chi connectivity index (χ1v) is 5.80. The molecule has 6 heteroatoms. The number of thiocarbonyl (C=S) groups is 1. The van der Waals surface area contributed by atoms with Crippen molar-refractivity contribution in [2.45, 2.75) is 19.9 Å². The molecule has 0 atom stereocenters. The van der Waals surface area contributed by atoms with Crippen molar-refractivity contribution >= 4 is 23.2 Å². The standard InChI is InChI=1S/C12H14N4OS/c1-8(2)14-12(18)16-15-11(17)10-5-3-4-9(6-10)7-13/h3-6,8H,1-2H3,(H,15,17)(H2,14,16,18). The number of carbonyl (C=O) groups is 1. The number of nitrogens with one attached hydrogen (secondary N) is 3. The van der Waals surface area contributed by atoms with Gasteiger partial charge in [-0.15, -0.1) is 0 Å². The molecule has 0 spiro atoms. The Kier molecular flexibility index (Phi) is 5.08. The lowest BCUT2D eigenvalue weighted by atomic mass is 10.1. The van der Waals surface area contributed by atoms with E-state index in [9.17, 15) is 4.79 Å². The number of hydrazine groups is 1. The van der Waals surface area contributed by atoms with E-state index in [2.05, 4.69) is 16.2 Å². The average Bonchev–Trinajstić information content (AvgIpc) is 2.35. The third-order valence-corrected chi connectivity index (χ3v) is 2.18. The van der Waals surface area contributed by atoms with Crippen LogP contribution in [0.2, 0.25) is 0 Å². The van der Waals surface area contributed by atoms with Gasteiger partial charge in [0.2, 0.25) is 0 Å². The van der Waals surface area contributed by atoms with Crippen molar-refractivity contribution in [3.63, 3.8) is 0 Å². The number of hydrogen-bond donors (Lipinski definition) is 3. The van der Waals surface area contributed by atoms with Gasteiger partial charge in [0.1, 0.15) is 0 Å². The van der Waals surface area contributed by atoms with E-state index < -0.39 is 0 Å². The van der Waals surface area contributed by atoms with Gasteiger partial charge in [-0.1, -0.05) is 6.07 Å². The predicted molar refractivity (Wildman–Crippen MR) is 72.6 cm³/mol. The summed E-state index contributed by atoms with van der Waals surface area (Å²) in [5.41, 5.74) is 5.87. The normalized spacial score (nSPS) is 9.44. The maximum absolute atomic E-state index is 11.7. The molecule has 0 saturated carbocycles. The van der Waals surface area contributed by atoms with Crippen LogP contribution in [0.5, 0.6) is 0 Å². The number of carbonyl (C=O) groups excluding carboxylic acids is 1. The summed E-state index contributed by atoms with van der Waals surface area (Å²) in [6.45, 7) is 3.87. The third-order valence-electron chi connectivity index (χ3n) is 1.96. The molecule has 5 nitrogen and oxygen atoms in total. The quantitative estimate of drug-likeness (QED) is 0.549. The molecule has 18 heavy (non-hydrogen) atoms. The molecule has 0 aromatic heterocycles. The zero-order valence-corrected chi connectivity index (χ0v) is 11.0. The van der Waals surface area contributed by atoms with Crippen molar-refractivity contribution in [1.29, 1.82) is 5.26 Å². The first-order valence-electron chi connectivity index (χ1n) is 5.40. The summed E-state index contributed by atoms with van der Waals surface area (Å²) in [5.74, 6) is -0.347. The Hall–Kier alpha value is -2.13. The highest BCUT2D eigenvalue weighted by Crippen LogP contribution is 2.03. The summed E-state index contributed by atoms with van der Waals surface area (Å²) in [5, 5.41) is 12.0. The highest BCUT2D eigenvalue weighted by Gasteiger charge is 2.06. The smallest absolute Gasteiger partial charge is 0.269 e. The molecule has 1 rings (SSSR count). The fraction of sp³-hybridized carbons (Fsp3) is 0.250. The van der Waals surface area contributed by atoms with Gasteiger partial charge in [0.15, 0.2) is 5.11 Å². The van der Waals surface area contributed by atoms with E-state index in [1.165, 1.54) is 6.07 Å². The van der Waals surface area contributed by atoms with Gasteiger partial charge in [0.05, 0.1) is 11.6 Å². The van der Waals surface area contributed by atoms with Gasteiger partial charge in [-0.25, -0.2) is 0 Å². The molecule has 0 bridgehead atoms. The van der Waals surface area contributed by atoms with Gasteiger partial charge in [0.25, 0.3) is 5.91 Å². The maximum Gasteiger partial charge on any atom is 0.269 e. The first kappa shape index (κ1) is 13.9. The SMILES string of the molecule is CC(C)NC(=S)NNC(=O)c1cccc(C#N)c1. The molecule has 0 fully saturated rings. The summed E-state index contributed by atoms with van der Waals surface area (Å²) < 4.78 is 0. The van der Waals surface area contributed by atoms with Crippen molar-refractivity contribution in [2.24, 2.45) is 0 Å². The van der Waals surface area contributed by atoms with E-state index in [0.29, 0.717) is 16.2 Å². The molecule has 3 N–H and O–H groups in total. The number of rotatable bonds is 2. The Balaban J connectivity index is 2.55. The molecular formula is C12H14N4OS. The number of hydrogen-bond acceptors (Lipinski definition) is 3. The summed E-state index contributed by atoms with van der Waals surface area (Å²) in [4.78, 5) is 11.7. The summed E-state index contributed by atoms with van der Waals surface area (Å²) in [7, 11) is 0. The molecule has 0 saturated heterocycles. The van der Waals surface area contributed by atoms with Crippen LogP contribution in [-0.2, 0) is 0 Å². The fourth-order valence-electron chi connectivity index (χ4n) is 1.21. The molecular weight excluding hydrogens is 248 g/mol. The monoisotopic (exact) mass is 262 g/mol. The van der Waals surface area contributed by atoms with E-state index in [4.69, 9.17) is 17.5 Å². The van der Waals surface area contributed by atoms with Crippen molar-refractivity contribution in [3.8, 4) is 6.07 Å². The molecule has 1 aromatic rings. The minimum absolute atomic E-state index is 0.184. The zero-order chi connectivity index (χ0) is 13.5. The first-order chi connectivity index (χ1) is 8.52. The summed E-state index contributed by atoms with van der Waals surface area (Å²) in [6, 6.07) is 8.58. The van der Waals surface area contributed by atoms with Crippen LogP contribution < -0.4 is 16.2 Å². The van der Waals surface area contributed by atoms with E-state index in [1.54, 1.807) is 18.2 Å². The third kappa shape index (κ3) is 4.39. The van der Waals surface area contributed by atoms with Gasteiger partial charge < -0.3 is 5.32 Å². The van der Waals surface area contributed by atoms with Gasteiger partial charge in [0, 0.05) is 11.6 Å².